The van der Waals surface area contributed by atoms with Gasteiger partial charge in [0.2, 0.25) is 0 Å². The molecule has 7 nitrogen and oxygen atoms in total. The van der Waals surface area contributed by atoms with E-state index in [9.17, 15) is 9.90 Å². The van der Waals surface area contributed by atoms with E-state index in [1.165, 1.54) is 0 Å². The lowest BCUT2D eigenvalue weighted by Gasteiger charge is -2.22. The first kappa shape index (κ1) is 14.1. The van der Waals surface area contributed by atoms with Crippen molar-refractivity contribution in [2.24, 2.45) is 0 Å². The lowest BCUT2D eigenvalue weighted by Crippen LogP contribution is -2.27. The summed E-state index contributed by atoms with van der Waals surface area (Å²) >= 11 is 6.10. The van der Waals surface area contributed by atoms with Gasteiger partial charge in [-0.05, 0) is 19.4 Å². The molecule has 1 aliphatic rings. The molecule has 2 aromatic heterocycles. The summed E-state index contributed by atoms with van der Waals surface area (Å²) in [5.41, 5.74) is 1.30. The van der Waals surface area contributed by atoms with Gasteiger partial charge in [0.1, 0.15) is 10.8 Å². The first-order valence-electron chi connectivity index (χ1n) is 6.76. The van der Waals surface area contributed by atoms with E-state index in [2.05, 4.69) is 15.1 Å². The number of aryl methyl sites for hydroxylation is 2. The predicted molar refractivity (Wildman–Crippen MR) is 78.4 cm³/mol. The van der Waals surface area contributed by atoms with Crippen LogP contribution in [-0.2, 0) is 19.7 Å². The highest BCUT2D eigenvalue weighted by atomic mass is 35.5. The second-order valence-corrected chi connectivity index (χ2v) is 5.45. The van der Waals surface area contributed by atoms with Gasteiger partial charge >= 0.3 is 0 Å². The summed E-state index contributed by atoms with van der Waals surface area (Å²) in [5.74, 6) is 1.03. The molecule has 0 aliphatic carbocycles. The number of hydrogen-bond acceptors (Lipinski definition) is 5. The summed E-state index contributed by atoms with van der Waals surface area (Å²) in [7, 11) is 0. The highest BCUT2D eigenvalue weighted by molar-refractivity contribution is 6.32. The van der Waals surface area contributed by atoms with E-state index in [4.69, 9.17) is 11.6 Å². The molecule has 0 spiro atoms. The SMILES string of the molecule is Cc1nc(N2CCCn3nc(CO)cc3C2)c(Cl)c(=O)[nH]1. The van der Waals surface area contributed by atoms with Gasteiger partial charge in [-0.3, -0.25) is 9.48 Å². The fourth-order valence-electron chi connectivity index (χ4n) is 2.55. The van der Waals surface area contributed by atoms with Crippen molar-refractivity contribution in [1.82, 2.24) is 19.7 Å². The van der Waals surface area contributed by atoms with E-state index < -0.39 is 0 Å². The van der Waals surface area contributed by atoms with E-state index in [-0.39, 0.29) is 17.2 Å². The molecule has 2 N–H and O–H groups in total. The Hall–Kier alpha value is -1.86. The number of hydrogen-bond donors (Lipinski definition) is 2. The molecule has 0 saturated heterocycles. The second kappa shape index (κ2) is 5.50. The number of anilines is 1. The average Bonchev–Trinajstić information content (AvgIpc) is 2.74. The third-order valence-electron chi connectivity index (χ3n) is 3.49. The maximum atomic E-state index is 11.8. The van der Waals surface area contributed by atoms with E-state index in [1.807, 2.05) is 15.6 Å². The van der Waals surface area contributed by atoms with Gasteiger partial charge in [0.15, 0.2) is 5.82 Å². The summed E-state index contributed by atoms with van der Waals surface area (Å²) < 4.78 is 1.89. The number of halogens is 1. The fraction of sp³-hybridized carbons (Fsp3) is 0.462. The molecule has 3 heterocycles. The molecule has 0 saturated carbocycles. The molecule has 0 fully saturated rings. The summed E-state index contributed by atoms with van der Waals surface area (Å²) in [6, 6.07) is 1.87. The number of aliphatic hydroxyl groups excluding tert-OH is 1. The lowest BCUT2D eigenvalue weighted by atomic mass is 10.3. The largest absolute Gasteiger partial charge is 0.390 e. The van der Waals surface area contributed by atoms with Gasteiger partial charge in [0.05, 0.1) is 24.5 Å². The number of aromatic amines is 1. The third-order valence-corrected chi connectivity index (χ3v) is 3.83. The van der Waals surface area contributed by atoms with Crippen LogP contribution in [0.5, 0.6) is 0 Å². The minimum atomic E-state index is -0.326. The molecular weight excluding hydrogens is 294 g/mol. The predicted octanol–water partition coefficient (Wildman–Crippen LogP) is 0.831. The number of aromatic nitrogens is 4. The van der Waals surface area contributed by atoms with E-state index >= 15 is 0 Å². The Labute approximate surface area is 126 Å². The highest BCUT2D eigenvalue weighted by Gasteiger charge is 2.21. The first-order chi connectivity index (χ1) is 10.1. The summed E-state index contributed by atoms with van der Waals surface area (Å²) in [6.45, 7) is 3.72. The third kappa shape index (κ3) is 2.66. The molecule has 2 aromatic rings. The zero-order valence-electron chi connectivity index (χ0n) is 11.6. The van der Waals surface area contributed by atoms with Gasteiger partial charge in [-0.2, -0.15) is 5.10 Å². The van der Waals surface area contributed by atoms with Gasteiger partial charge in [0, 0.05) is 13.1 Å². The Morgan fingerprint density at radius 2 is 2.29 bits per heavy atom. The molecule has 8 heteroatoms. The molecule has 112 valence electrons. The Balaban J connectivity index is 1.98. The number of rotatable bonds is 2. The zero-order valence-corrected chi connectivity index (χ0v) is 12.4. The van der Waals surface area contributed by atoms with Crippen molar-refractivity contribution in [3.8, 4) is 0 Å². The molecule has 0 aromatic carbocycles. The zero-order chi connectivity index (χ0) is 15.0. The smallest absolute Gasteiger partial charge is 0.271 e. The monoisotopic (exact) mass is 309 g/mol. The van der Waals surface area contributed by atoms with Crippen molar-refractivity contribution in [3.05, 3.63) is 38.7 Å². The molecule has 0 unspecified atom stereocenters. The van der Waals surface area contributed by atoms with Crippen molar-refractivity contribution in [2.45, 2.75) is 33.0 Å². The van der Waals surface area contributed by atoms with Crippen LogP contribution in [0.1, 0.15) is 23.6 Å². The first-order valence-corrected chi connectivity index (χ1v) is 7.14. The van der Waals surface area contributed by atoms with E-state index in [0.29, 0.717) is 23.9 Å². The van der Waals surface area contributed by atoms with E-state index in [0.717, 1.165) is 25.2 Å². The summed E-state index contributed by atoms with van der Waals surface area (Å²) in [6.07, 6.45) is 0.864. The summed E-state index contributed by atoms with van der Waals surface area (Å²) in [4.78, 5) is 20.7. The number of nitrogens with zero attached hydrogens (tertiary/aromatic N) is 4. The number of nitrogens with one attached hydrogen (secondary N) is 1. The van der Waals surface area contributed by atoms with Crippen LogP contribution in [0.4, 0.5) is 5.82 Å². The van der Waals surface area contributed by atoms with Crippen molar-refractivity contribution < 1.29 is 5.11 Å². The van der Waals surface area contributed by atoms with Crippen LogP contribution in [0, 0.1) is 6.92 Å². The number of fused-ring (bicyclic) bond motifs is 1. The quantitative estimate of drug-likeness (QED) is 0.858. The topological polar surface area (TPSA) is 87.0 Å². The minimum absolute atomic E-state index is 0.0802. The second-order valence-electron chi connectivity index (χ2n) is 5.07. The van der Waals surface area contributed by atoms with Gasteiger partial charge in [-0.1, -0.05) is 11.6 Å². The molecular formula is C13H16ClN5O2. The highest BCUT2D eigenvalue weighted by Crippen LogP contribution is 2.24. The van der Waals surface area contributed by atoms with Crippen molar-refractivity contribution in [3.63, 3.8) is 0 Å². The van der Waals surface area contributed by atoms with Crippen molar-refractivity contribution >= 4 is 17.4 Å². The Kier molecular flexibility index (Phi) is 3.69. The maximum Gasteiger partial charge on any atom is 0.271 e. The van der Waals surface area contributed by atoms with Crippen molar-refractivity contribution in [2.75, 3.05) is 11.4 Å². The van der Waals surface area contributed by atoms with Gasteiger partial charge in [-0.15, -0.1) is 0 Å². The normalized spacial score (nSPS) is 14.9. The number of H-pyrrole nitrogens is 1. The van der Waals surface area contributed by atoms with Crippen LogP contribution >= 0.6 is 11.6 Å². The molecule has 3 rings (SSSR count). The van der Waals surface area contributed by atoms with Crippen molar-refractivity contribution in [1.29, 1.82) is 0 Å². The molecule has 0 bridgehead atoms. The van der Waals surface area contributed by atoms with Gasteiger partial charge in [-0.25, -0.2) is 4.98 Å². The Bertz CT molecular complexity index is 724. The average molecular weight is 310 g/mol. The maximum absolute atomic E-state index is 11.8. The molecule has 21 heavy (non-hydrogen) atoms. The number of aliphatic hydroxyl groups is 1. The Morgan fingerprint density at radius 3 is 3.05 bits per heavy atom. The van der Waals surface area contributed by atoms with Gasteiger partial charge in [0.25, 0.3) is 5.56 Å². The van der Waals surface area contributed by atoms with Crippen LogP contribution in [0.25, 0.3) is 0 Å². The lowest BCUT2D eigenvalue weighted by molar-refractivity contribution is 0.275. The van der Waals surface area contributed by atoms with Crippen LogP contribution < -0.4 is 10.5 Å². The van der Waals surface area contributed by atoms with Crippen LogP contribution in [0.3, 0.4) is 0 Å². The van der Waals surface area contributed by atoms with Crippen LogP contribution in [0.15, 0.2) is 10.9 Å². The van der Waals surface area contributed by atoms with Crippen LogP contribution in [-0.4, -0.2) is 31.4 Å². The fourth-order valence-corrected chi connectivity index (χ4v) is 2.76. The molecule has 0 amide bonds. The van der Waals surface area contributed by atoms with E-state index in [1.54, 1.807) is 6.92 Å². The van der Waals surface area contributed by atoms with Crippen LogP contribution in [0.2, 0.25) is 5.02 Å². The standard InChI is InChI=1S/C13H16ClN5O2/c1-8-15-12(11(14)13(21)16-8)18-3-2-4-19-10(6-18)5-9(7-20)17-19/h5,20H,2-4,6-7H2,1H3,(H,15,16,21). The molecule has 1 aliphatic heterocycles. The molecule has 0 radical (unpaired) electrons. The minimum Gasteiger partial charge on any atom is -0.390 e. The molecule has 0 atom stereocenters. The summed E-state index contributed by atoms with van der Waals surface area (Å²) in [5, 5.41) is 13.6. The van der Waals surface area contributed by atoms with Gasteiger partial charge < -0.3 is 15.0 Å². The Morgan fingerprint density at radius 1 is 1.48 bits per heavy atom.